The number of aromatic nitrogens is 2. The molecule has 0 aliphatic heterocycles. The lowest BCUT2D eigenvalue weighted by atomic mass is 10.2. The Morgan fingerprint density at radius 2 is 2.06 bits per heavy atom. The smallest absolute Gasteiger partial charge is 0.174 e. The minimum absolute atomic E-state index is 0.927. The van der Waals surface area contributed by atoms with Crippen LogP contribution in [0.2, 0.25) is 0 Å². The minimum atomic E-state index is 0.927. The van der Waals surface area contributed by atoms with E-state index in [0.29, 0.717) is 0 Å². The maximum absolute atomic E-state index is 4.08. The van der Waals surface area contributed by atoms with Gasteiger partial charge in [-0.25, -0.2) is 0 Å². The van der Waals surface area contributed by atoms with Gasteiger partial charge in [-0.05, 0) is 12.5 Å². The summed E-state index contributed by atoms with van der Waals surface area (Å²) in [5, 5.41) is 12.5. The molecule has 2 aromatic rings. The third-order valence-corrected chi connectivity index (χ3v) is 4.16. The fraction of sp³-hybridized carbons (Fsp3) is 0.333. The standard InChI is InChI=1S/C12H15N3S2/c1-10-14-15-12(17-10)16-8-7-13-9-11-5-3-2-4-6-11/h2-6,13H,7-9H2,1H3. The molecule has 0 aliphatic rings. The van der Waals surface area contributed by atoms with Crippen molar-refractivity contribution in [1.29, 1.82) is 0 Å². The number of nitrogens with one attached hydrogen (secondary N) is 1. The lowest BCUT2D eigenvalue weighted by Crippen LogP contribution is -2.16. The van der Waals surface area contributed by atoms with Crippen LogP contribution in [0.3, 0.4) is 0 Å². The molecule has 0 unspecified atom stereocenters. The van der Waals surface area contributed by atoms with Gasteiger partial charge in [0.15, 0.2) is 4.34 Å². The van der Waals surface area contributed by atoms with Crippen LogP contribution in [0.4, 0.5) is 0 Å². The molecule has 1 heterocycles. The van der Waals surface area contributed by atoms with Crippen LogP contribution < -0.4 is 5.32 Å². The Labute approximate surface area is 110 Å². The second-order valence-electron chi connectivity index (χ2n) is 3.60. The average Bonchev–Trinajstić information content (AvgIpc) is 2.76. The molecule has 2 rings (SSSR count). The van der Waals surface area contributed by atoms with Crippen molar-refractivity contribution in [1.82, 2.24) is 15.5 Å². The first kappa shape index (κ1) is 12.5. The number of hydrogen-bond donors (Lipinski definition) is 1. The highest BCUT2D eigenvalue weighted by molar-refractivity contribution is 8.01. The zero-order chi connectivity index (χ0) is 11.9. The van der Waals surface area contributed by atoms with Crippen molar-refractivity contribution >= 4 is 23.1 Å². The molecule has 0 saturated carbocycles. The number of benzene rings is 1. The van der Waals surface area contributed by atoms with Crippen molar-refractivity contribution in [2.24, 2.45) is 0 Å². The Bertz CT molecular complexity index is 442. The van der Waals surface area contributed by atoms with Crippen LogP contribution in [0, 0.1) is 6.92 Å². The summed E-state index contributed by atoms with van der Waals surface area (Å²) in [6.07, 6.45) is 0. The molecule has 90 valence electrons. The van der Waals surface area contributed by atoms with E-state index < -0.39 is 0 Å². The normalized spacial score (nSPS) is 10.6. The van der Waals surface area contributed by atoms with E-state index in [4.69, 9.17) is 0 Å². The van der Waals surface area contributed by atoms with Gasteiger partial charge in [0.25, 0.3) is 0 Å². The topological polar surface area (TPSA) is 37.8 Å². The minimum Gasteiger partial charge on any atom is -0.312 e. The number of nitrogens with zero attached hydrogens (tertiary/aromatic N) is 2. The van der Waals surface area contributed by atoms with Gasteiger partial charge in [-0.15, -0.1) is 10.2 Å². The lowest BCUT2D eigenvalue weighted by Gasteiger charge is -2.03. The first-order valence-electron chi connectivity index (χ1n) is 5.52. The Hall–Kier alpha value is -0.910. The molecule has 0 radical (unpaired) electrons. The summed E-state index contributed by atoms with van der Waals surface area (Å²) in [6.45, 7) is 3.89. The van der Waals surface area contributed by atoms with Crippen LogP contribution >= 0.6 is 23.1 Å². The lowest BCUT2D eigenvalue weighted by molar-refractivity contribution is 0.732. The zero-order valence-electron chi connectivity index (χ0n) is 9.72. The van der Waals surface area contributed by atoms with Gasteiger partial charge in [0, 0.05) is 18.8 Å². The molecular formula is C12H15N3S2. The van der Waals surface area contributed by atoms with Gasteiger partial charge in [0.1, 0.15) is 5.01 Å². The zero-order valence-corrected chi connectivity index (χ0v) is 11.4. The van der Waals surface area contributed by atoms with Crippen LogP contribution in [0.1, 0.15) is 10.6 Å². The van der Waals surface area contributed by atoms with Crippen molar-refractivity contribution < 1.29 is 0 Å². The van der Waals surface area contributed by atoms with E-state index in [1.165, 1.54) is 5.56 Å². The van der Waals surface area contributed by atoms with Crippen LogP contribution in [-0.2, 0) is 6.54 Å². The molecule has 1 N–H and O–H groups in total. The van der Waals surface area contributed by atoms with E-state index in [0.717, 1.165) is 28.2 Å². The molecule has 0 saturated heterocycles. The number of rotatable bonds is 6. The van der Waals surface area contributed by atoms with Crippen LogP contribution in [0.25, 0.3) is 0 Å². The first-order chi connectivity index (χ1) is 8.34. The Kier molecular flexibility index (Phi) is 4.97. The second kappa shape index (κ2) is 6.74. The third-order valence-electron chi connectivity index (χ3n) is 2.18. The number of thioether (sulfide) groups is 1. The number of aryl methyl sites for hydroxylation is 1. The Morgan fingerprint density at radius 3 is 2.76 bits per heavy atom. The summed E-state index contributed by atoms with van der Waals surface area (Å²) < 4.78 is 1.06. The molecule has 0 fully saturated rings. The highest BCUT2D eigenvalue weighted by atomic mass is 32.2. The van der Waals surface area contributed by atoms with Gasteiger partial charge < -0.3 is 5.32 Å². The molecule has 5 heteroatoms. The van der Waals surface area contributed by atoms with Crippen molar-refractivity contribution in [3.8, 4) is 0 Å². The van der Waals surface area contributed by atoms with Gasteiger partial charge in [0.2, 0.25) is 0 Å². The van der Waals surface area contributed by atoms with Crippen LogP contribution in [-0.4, -0.2) is 22.5 Å². The Balaban J connectivity index is 1.61. The highest BCUT2D eigenvalue weighted by Crippen LogP contribution is 2.20. The van der Waals surface area contributed by atoms with Crippen LogP contribution in [0.15, 0.2) is 34.7 Å². The molecule has 17 heavy (non-hydrogen) atoms. The number of hydrogen-bond acceptors (Lipinski definition) is 5. The van der Waals surface area contributed by atoms with Gasteiger partial charge in [-0.1, -0.05) is 53.4 Å². The van der Waals surface area contributed by atoms with Gasteiger partial charge in [-0.3, -0.25) is 0 Å². The van der Waals surface area contributed by atoms with Crippen LogP contribution in [0.5, 0.6) is 0 Å². The van der Waals surface area contributed by atoms with Gasteiger partial charge in [0.05, 0.1) is 0 Å². The van der Waals surface area contributed by atoms with Crippen molar-refractivity contribution in [2.75, 3.05) is 12.3 Å². The summed E-state index contributed by atoms with van der Waals surface area (Å²) in [6, 6.07) is 10.4. The molecule has 0 bridgehead atoms. The Morgan fingerprint density at radius 1 is 1.24 bits per heavy atom. The monoisotopic (exact) mass is 265 g/mol. The van der Waals surface area contributed by atoms with E-state index in [1.54, 1.807) is 23.1 Å². The maximum atomic E-state index is 4.08. The molecule has 0 spiro atoms. The van der Waals surface area contributed by atoms with E-state index in [2.05, 4.69) is 39.8 Å². The van der Waals surface area contributed by atoms with Gasteiger partial charge in [-0.2, -0.15) is 0 Å². The van der Waals surface area contributed by atoms with Gasteiger partial charge >= 0.3 is 0 Å². The summed E-state index contributed by atoms with van der Waals surface area (Å²) in [4.78, 5) is 0. The maximum Gasteiger partial charge on any atom is 0.174 e. The van der Waals surface area contributed by atoms with Crippen molar-refractivity contribution in [3.05, 3.63) is 40.9 Å². The predicted octanol–water partition coefficient (Wildman–Crippen LogP) is 2.73. The highest BCUT2D eigenvalue weighted by Gasteiger charge is 2.00. The second-order valence-corrected chi connectivity index (χ2v) is 6.12. The summed E-state index contributed by atoms with van der Waals surface area (Å²) >= 11 is 3.41. The quantitative estimate of drug-likeness (QED) is 0.644. The third kappa shape index (κ3) is 4.46. The first-order valence-corrected chi connectivity index (χ1v) is 7.32. The van der Waals surface area contributed by atoms with E-state index in [1.807, 2.05) is 13.0 Å². The SMILES string of the molecule is Cc1nnc(SCCNCc2ccccc2)s1. The van der Waals surface area contributed by atoms with E-state index in [9.17, 15) is 0 Å². The van der Waals surface area contributed by atoms with E-state index >= 15 is 0 Å². The fourth-order valence-corrected chi connectivity index (χ4v) is 3.16. The summed E-state index contributed by atoms with van der Waals surface area (Å²) in [5.74, 6) is 1.03. The largest absolute Gasteiger partial charge is 0.312 e. The molecule has 0 aliphatic carbocycles. The molecule has 0 atom stereocenters. The molecule has 3 nitrogen and oxygen atoms in total. The van der Waals surface area contributed by atoms with Crippen molar-refractivity contribution in [2.45, 2.75) is 17.8 Å². The summed E-state index contributed by atoms with van der Waals surface area (Å²) in [7, 11) is 0. The molecular weight excluding hydrogens is 250 g/mol. The molecule has 1 aromatic carbocycles. The predicted molar refractivity (Wildman–Crippen MR) is 73.5 cm³/mol. The molecule has 0 amide bonds. The van der Waals surface area contributed by atoms with E-state index in [-0.39, 0.29) is 0 Å². The molecule has 1 aromatic heterocycles. The van der Waals surface area contributed by atoms with Crippen molar-refractivity contribution in [3.63, 3.8) is 0 Å². The summed E-state index contributed by atoms with van der Waals surface area (Å²) in [5.41, 5.74) is 1.32. The fourth-order valence-electron chi connectivity index (χ4n) is 1.38. The average molecular weight is 265 g/mol.